The molecule has 26 heavy (non-hydrogen) atoms. The lowest BCUT2D eigenvalue weighted by atomic mass is 10.1. The average molecular weight is 351 g/mol. The highest BCUT2D eigenvalue weighted by Gasteiger charge is 2.39. The van der Waals surface area contributed by atoms with Crippen molar-refractivity contribution in [1.82, 2.24) is 24.9 Å². The van der Waals surface area contributed by atoms with E-state index >= 15 is 0 Å². The number of nitrogens with zero attached hydrogens (tertiary/aromatic N) is 4. The summed E-state index contributed by atoms with van der Waals surface area (Å²) in [6, 6.07) is 9.35. The molecule has 3 aromatic rings. The molecular weight excluding hydrogens is 330 g/mol. The molecule has 1 fully saturated rings. The molecule has 134 valence electrons. The molecule has 4 rings (SSSR count). The quantitative estimate of drug-likeness (QED) is 0.764. The number of methoxy groups -OCH3 is 1. The third-order valence-corrected chi connectivity index (χ3v) is 4.82. The highest BCUT2D eigenvalue weighted by Crippen LogP contribution is 2.38. The van der Waals surface area contributed by atoms with Gasteiger partial charge in [0.15, 0.2) is 11.5 Å². The molecule has 1 aromatic carbocycles. The lowest BCUT2D eigenvalue weighted by molar-refractivity contribution is -0.123. The minimum absolute atomic E-state index is 0.0842. The summed E-state index contributed by atoms with van der Waals surface area (Å²) >= 11 is 0. The normalized spacial score (nSPS) is 20.0. The van der Waals surface area contributed by atoms with Crippen molar-refractivity contribution in [3.63, 3.8) is 0 Å². The van der Waals surface area contributed by atoms with Gasteiger partial charge in [0.2, 0.25) is 5.91 Å². The van der Waals surface area contributed by atoms with Crippen LogP contribution in [0.15, 0.2) is 36.7 Å². The summed E-state index contributed by atoms with van der Waals surface area (Å²) in [4.78, 5) is 21.1. The fraction of sp³-hybridized carbons (Fsp3) is 0.368. The predicted octanol–water partition coefficient (Wildman–Crippen LogP) is 2.63. The van der Waals surface area contributed by atoms with Crippen LogP contribution in [-0.2, 0) is 4.79 Å². The van der Waals surface area contributed by atoms with Gasteiger partial charge in [-0.15, -0.1) is 5.10 Å². The first kappa shape index (κ1) is 16.5. The van der Waals surface area contributed by atoms with Crippen LogP contribution in [0.1, 0.15) is 32.1 Å². The van der Waals surface area contributed by atoms with E-state index in [1.54, 1.807) is 18.0 Å². The largest absolute Gasteiger partial charge is 0.497 e. The van der Waals surface area contributed by atoms with Gasteiger partial charge in [-0.1, -0.05) is 6.92 Å². The van der Waals surface area contributed by atoms with Crippen LogP contribution in [0.3, 0.4) is 0 Å². The number of carbonyl (C=O) groups excluding carboxylic acids is 1. The second-order valence-electron chi connectivity index (χ2n) is 6.83. The zero-order valence-corrected chi connectivity index (χ0v) is 15.0. The van der Waals surface area contributed by atoms with Crippen molar-refractivity contribution in [1.29, 1.82) is 0 Å². The van der Waals surface area contributed by atoms with Crippen LogP contribution in [0.5, 0.6) is 5.75 Å². The molecule has 0 radical (unpaired) electrons. The van der Waals surface area contributed by atoms with Gasteiger partial charge in [-0.05, 0) is 43.5 Å². The van der Waals surface area contributed by atoms with Gasteiger partial charge >= 0.3 is 0 Å². The predicted molar refractivity (Wildman–Crippen MR) is 96.6 cm³/mol. The van der Waals surface area contributed by atoms with Crippen LogP contribution in [0.4, 0.5) is 0 Å². The van der Waals surface area contributed by atoms with Crippen molar-refractivity contribution in [2.45, 2.75) is 26.3 Å². The topological polar surface area (TPSA) is 81.4 Å². The second kappa shape index (κ2) is 6.40. The first-order chi connectivity index (χ1) is 12.5. The van der Waals surface area contributed by atoms with Crippen LogP contribution < -0.4 is 10.1 Å². The van der Waals surface area contributed by atoms with Gasteiger partial charge in [-0.2, -0.15) is 0 Å². The fourth-order valence-electron chi connectivity index (χ4n) is 2.99. The van der Waals surface area contributed by atoms with Crippen molar-refractivity contribution >= 4 is 11.6 Å². The molecule has 1 saturated carbocycles. The second-order valence-corrected chi connectivity index (χ2v) is 6.83. The minimum Gasteiger partial charge on any atom is -0.497 e. The average Bonchev–Trinajstić information content (AvgIpc) is 3.24. The van der Waals surface area contributed by atoms with Crippen LogP contribution in [-0.4, -0.2) is 32.6 Å². The number of benzene rings is 1. The molecule has 0 aliphatic heterocycles. The van der Waals surface area contributed by atoms with Crippen LogP contribution in [0, 0.1) is 11.8 Å². The van der Waals surface area contributed by atoms with Crippen LogP contribution in [0.2, 0.25) is 0 Å². The van der Waals surface area contributed by atoms with Gasteiger partial charge in [0, 0.05) is 17.5 Å². The maximum absolute atomic E-state index is 12.1. The summed E-state index contributed by atoms with van der Waals surface area (Å²) in [7, 11) is 1.64. The molecule has 1 aliphatic carbocycles. The van der Waals surface area contributed by atoms with E-state index in [2.05, 4.69) is 27.3 Å². The molecule has 1 aliphatic rings. The molecular formula is C19H21N5O2. The highest BCUT2D eigenvalue weighted by atomic mass is 16.5. The van der Waals surface area contributed by atoms with Gasteiger partial charge in [-0.3, -0.25) is 4.79 Å². The van der Waals surface area contributed by atoms with Crippen molar-refractivity contribution in [2.75, 3.05) is 7.11 Å². The third-order valence-electron chi connectivity index (χ3n) is 4.82. The first-order valence-corrected chi connectivity index (χ1v) is 8.72. The van der Waals surface area contributed by atoms with E-state index in [9.17, 15) is 4.79 Å². The fourth-order valence-corrected chi connectivity index (χ4v) is 2.99. The molecule has 0 saturated heterocycles. The summed E-state index contributed by atoms with van der Waals surface area (Å²) in [5, 5.41) is 7.43. The van der Waals surface area contributed by atoms with Crippen molar-refractivity contribution in [2.24, 2.45) is 11.8 Å². The Morgan fingerprint density at radius 3 is 2.73 bits per heavy atom. The Kier molecular flexibility index (Phi) is 4.06. The van der Waals surface area contributed by atoms with E-state index in [1.807, 2.05) is 37.3 Å². The SMILES string of the molecule is COc1ccc(-c2cc3nc([C@@H](C)NC(=O)[C@H]4C[C@@H]4C)nn3cn2)cc1. The van der Waals surface area contributed by atoms with Crippen LogP contribution in [0.25, 0.3) is 16.9 Å². The van der Waals surface area contributed by atoms with E-state index in [1.165, 1.54) is 0 Å². The number of nitrogens with one attached hydrogen (secondary N) is 1. The third kappa shape index (κ3) is 3.12. The van der Waals surface area contributed by atoms with E-state index in [4.69, 9.17) is 4.74 Å². The summed E-state index contributed by atoms with van der Waals surface area (Å²) in [6.45, 7) is 3.99. The van der Waals surface area contributed by atoms with Gasteiger partial charge in [0.25, 0.3) is 0 Å². The number of rotatable bonds is 5. The Hall–Kier alpha value is -2.96. The van der Waals surface area contributed by atoms with Crippen molar-refractivity contribution in [3.05, 3.63) is 42.5 Å². The van der Waals surface area contributed by atoms with Gasteiger partial charge in [-0.25, -0.2) is 14.5 Å². The van der Waals surface area contributed by atoms with E-state index in [-0.39, 0.29) is 17.9 Å². The molecule has 1 N–H and O–H groups in total. The Bertz CT molecular complexity index is 950. The molecule has 1 amide bonds. The molecule has 3 atom stereocenters. The number of fused-ring (bicyclic) bond motifs is 1. The molecule has 7 heteroatoms. The molecule has 2 aromatic heterocycles. The molecule has 0 spiro atoms. The molecule has 0 unspecified atom stereocenters. The smallest absolute Gasteiger partial charge is 0.223 e. The lowest BCUT2D eigenvalue weighted by Crippen LogP contribution is -2.29. The van der Waals surface area contributed by atoms with E-state index in [0.29, 0.717) is 17.4 Å². The van der Waals surface area contributed by atoms with Gasteiger partial charge in [0.1, 0.15) is 12.1 Å². The minimum atomic E-state index is -0.236. The maximum atomic E-state index is 12.1. The number of ether oxygens (including phenoxy) is 1. The van der Waals surface area contributed by atoms with Crippen molar-refractivity contribution in [3.8, 4) is 17.0 Å². The summed E-state index contributed by atoms with van der Waals surface area (Å²) in [5.41, 5.74) is 2.48. The zero-order valence-electron chi connectivity index (χ0n) is 15.0. The number of hydrogen-bond acceptors (Lipinski definition) is 5. The Labute approximate surface area is 151 Å². The Morgan fingerprint density at radius 1 is 1.35 bits per heavy atom. The van der Waals surface area contributed by atoms with E-state index < -0.39 is 0 Å². The zero-order chi connectivity index (χ0) is 18.3. The number of aromatic nitrogens is 4. The first-order valence-electron chi connectivity index (χ1n) is 8.72. The number of carbonyl (C=O) groups is 1. The maximum Gasteiger partial charge on any atom is 0.223 e. The summed E-state index contributed by atoms with van der Waals surface area (Å²) < 4.78 is 6.81. The molecule has 7 nitrogen and oxygen atoms in total. The molecule has 2 heterocycles. The lowest BCUT2D eigenvalue weighted by Gasteiger charge is -2.09. The van der Waals surface area contributed by atoms with Crippen LogP contribution >= 0.6 is 0 Å². The van der Waals surface area contributed by atoms with Crippen molar-refractivity contribution < 1.29 is 9.53 Å². The highest BCUT2D eigenvalue weighted by molar-refractivity contribution is 5.81. The van der Waals surface area contributed by atoms with E-state index in [0.717, 1.165) is 23.4 Å². The summed E-state index contributed by atoms with van der Waals surface area (Å²) in [5.74, 6) is 2.08. The number of hydrogen-bond donors (Lipinski definition) is 1. The Balaban J connectivity index is 1.55. The van der Waals surface area contributed by atoms with Gasteiger partial charge < -0.3 is 10.1 Å². The Morgan fingerprint density at radius 2 is 2.08 bits per heavy atom. The summed E-state index contributed by atoms with van der Waals surface area (Å²) in [6.07, 6.45) is 2.61. The van der Waals surface area contributed by atoms with Gasteiger partial charge in [0.05, 0.1) is 18.8 Å². The number of amides is 1. The molecule has 0 bridgehead atoms. The standard InChI is InChI=1S/C19H21N5O2/c1-11-8-15(11)19(25)21-12(2)18-22-17-9-16(20-10-24(17)23-18)13-4-6-14(26-3)7-5-13/h4-7,9-12,15H,8H2,1-3H3,(H,21,25)/t11-,12+,15-/m0/s1. The monoisotopic (exact) mass is 351 g/mol.